The number of aryl methyl sites for hydroxylation is 1. The Morgan fingerprint density at radius 2 is 1.57 bits per heavy atom. The van der Waals surface area contributed by atoms with E-state index in [1.54, 1.807) is 21.9 Å². The summed E-state index contributed by atoms with van der Waals surface area (Å²) in [5.74, 6) is -0.418. The number of amides is 2. The van der Waals surface area contributed by atoms with Gasteiger partial charge in [-0.05, 0) is 13.0 Å². The molecule has 3 rings (SSSR count). The van der Waals surface area contributed by atoms with E-state index in [9.17, 15) is 19.2 Å². The van der Waals surface area contributed by atoms with Crippen molar-refractivity contribution in [2.45, 2.75) is 19.8 Å². The predicted octanol–water partition coefficient (Wildman–Crippen LogP) is 1.03. The van der Waals surface area contributed by atoms with Crippen LogP contribution in [0.25, 0.3) is 0 Å². The highest BCUT2D eigenvalue weighted by molar-refractivity contribution is 5.98. The molecule has 0 saturated carbocycles. The molecule has 0 spiro atoms. The Morgan fingerprint density at radius 3 is 2.18 bits per heavy atom. The molecule has 1 aliphatic heterocycles. The fourth-order valence-corrected chi connectivity index (χ4v) is 3.05. The van der Waals surface area contributed by atoms with E-state index in [-0.39, 0.29) is 41.7 Å². The lowest BCUT2D eigenvalue weighted by molar-refractivity contribution is -0.132. The van der Waals surface area contributed by atoms with Gasteiger partial charge in [0, 0.05) is 50.7 Å². The first-order valence-electron chi connectivity index (χ1n) is 9.16. The maximum Gasteiger partial charge on any atom is 0.274 e. The summed E-state index contributed by atoms with van der Waals surface area (Å²) in [7, 11) is 0. The monoisotopic (exact) mass is 382 g/mol. The van der Waals surface area contributed by atoms with Gasteiger partial charge in [-0.3, -0.25) is 19.2 Å². The highest BCUT2D eigenvalue weighted by atomic mass is 16.2. The zero-order valence-corrected chi connectivity index (χ0v) is 15.7. The molecule has 8 nitrogen and oxygen atoms in total. The molecule has 1 saturated heterocycles. The molecule has 1 aromatic carbocycles. The highest BCUT2D eigenvalue weighted by Crippen LogP contribution is 2.11. The lowest BCUT2D eigenvalue weighted by atomic mass is 10.0. The third-order valence-electron chi connectivity index (χ3n) is 4.76. The molecule has 0 bridgehead atoms. The van der Waals surface area contributed by atoms with Crippen LogP contribution in [0.15, 0.2) is 41.2 Å². The fraction of sp³-hybridized carbons (Fsp3) is 0.350. The van der Waals surface area contributed by atoms with E-state index in [0.29, 0.717) is 31.7 Å². The van der Waals surface area contributed by atoms with Crippen LogP contribution in [0.5, 0.6) is 0 Å². The summed E-state index contributed by atoms with van der Waals surface area (Å²) in [6, 6.07) is 9.94. The van der Waals surface area contributed by atoms with E-state index >= 15 is 0 Å². The minimum absolute atomic E-state index is 0.0497. The third-order valence-corrected chi connectivity index (χ3v) is 4.76. The molecule has 0 atom stereocenters. The van der Waals surface area contributed by atoms with Gasteiger partial charge in [-0.1, -0.05) is 29.8 Å². The Bertz CT molecular complexity index is 907. The number of ketones is 1. The lowest BCUT2D eigenvalue weighted by Crippen LogP contribution is -2.50. The standard InChI is InChI=1S/C20H22N4O4/c1-14-2-4-15(5-3-14)17(25)7-9-19(27)23-10-12-24(13-11-23)20(28)16-6-8-18(26)22-21-16/h2-6,8H,7,9-13H2,1H3,(H,22,26). The van der Waals surface area contributed by atoms with Crippen molar-refractivity contribution in [3.8, 4) is 0 Å². The van der Waals surface area contributed by atoms with Crippen LogP contribution in [0.3, 0.4) is 0 Å². The molecule has 0 unspecified atom stereocenters. The number of nitrogens with zero attached hydrogens (tertiary/aromatic N) is 3. The molecule has 1 aromatic heterocycles. The number of nitrogens with one attached hydrogen (secondary N) is 1. The van der Waals surface area contributed by atoms with Crippen molar-refractivity contribution in [3.05, 3.63) is 63.6 Å². The van der Waals surface area contributed by atoms with E-state index in [2.05, 4.69) is 10.2 Å². The summed E-state index contributed by atoms with van der Waals surface area (Å²) in [6.45, 7) is 3.54. The van der Waals surface area contributed by atoms with Crippen molar-refractivity contribution >= 4 is 17.6 Å². The molecule has 2 amide bonds. The van der Waals surface area contributed by atoms with Gasteiger partial charge >= 0.3 is 0 Å². The van der Waals surface area contributed by atoms with Crippen molar-refractivity contribution in [2.75, 3.05) is 26.2 Å². The minimum atomic E-state index is -0.368. The Balaban J connectivity index is 1.47. The summed E-state index contributed by atoms with van der Waals surface area (Å²) in [5.41, 5.74) is 1.49. The summed E-state index contributed by atoms with van der Waals surface area (Å²) in [4.78, 5) is 51.3. The molecule has 28 heavy (non-hydrogen) atoms. The summed E-state index contributed by atoms with van der Waals surface area (Å²) < 4.78 is 0. The maximum absolute atomic E-state index is 12.4. The number of H-pyrrole nitrogens is 1. The number of hydrogen-bond acceptors (Lipinski definition) is 5. The Kier molecular flexibility index (Phi) is 5.98. The number of Topliss-reactive ketones (excluding diaryl/α,β-unsaturated/α-hetero) is 1. The number of hydrogen-bond donors (Lipinski definition) is 1. The van der Waals surface area contributed by atoms with Gasteiger partial charge in [0.15, 0.2) is 5.78 Å². The Morgan fingerprint density at radius 1 is 0.929 bits per heavy atom. The average molecular weight is 382 g/mol. The SMILES string of the molecule is Cc1ccc(C(=O)CCC(=O)N2CCN(C(=O)c3ccc(=O)[nH]n3)CC2)cc1. The molecular weight excluding hydrogens is 360 g/mol. The number of carbonyl (C=O) groups is 3. The number of rotatable bonds is 5. The Hall–Kier alpha value is -3.29. The van der Waals surface area contributed by atoms with Crippen LogP contribution in [-0.4, -0.2) is 63.8 Å². The van der Waals surface area contributed by atoms with Crippen LogP contribution >= 0.6 is 0 Å². The van der Waals surface area contributed by atoms with E-state index in [0.717, 1.165) is 5.56 Å². The van der Waals surface area contributed by atoms with Crippen LogP contribution in [0, 0.1) is 6.92 Å². The van der Waals surface area contributed by atoms with Gasteiger partial charge in [-0.2, -0.15) is 5.10 Å². The summed E-state index contributed by atoms with van der Waals surface area (Å²) in [5, 5.41) is 5.98. The first kappa shape index (κ1) is 19.5. The zero-order chi connectivity index (χ0) is 20.1. The molecule has 1 fully saturated rings. The molecule has 1 N–H and O–H groups in total. The van der Waals surface area contributed by atoms with E-state index < -0.39 is 0 Å². The highest BCUT2D eigenvalue weighted by Gasteiger charge is 2.25. The lowest BCUT2D eigenvalue weighted by Gasteiger charge is -2.34. The topological polar surface area (TPSA) is 103 Å². The van der Waals surface area contributed by atoms with Crippen molar-refractivity contribution in [1.82, 2.24) is 20.0 Å². The molecule has 0 aliphatic carbocycles. The summed E-state index contributed by atoms with van der Waals surface area (Å²) in [6.07, 6.45) is 0.324. The van der Waals surface area contributed by atoms with Crippen molar-refractivity contribution in [3.63, 3.8) is 0 Å². The zero-order valence-electron chi connectivity index (χ0n) is 15.7. The molecule has 1 aliphatic rings. The minimum Gasteiger partial charge on any atom is -0.339 e. The van der Waals surface area contributed by atoms with Gasteiger partial charge < -0.3 is 9.80 Å². The number of aromatic nitrogens is 2. The van der Waals surface area contributed by atoms with Gasteiger partial charge in [0.2, 0.25) is 5.91 Å². The van der Waals surface area contributed by atoms with Crippen LogP contribution < -0.4 is 5.56 Å². The van der Waals surface area contributed by atoms with Crippen molar-refractivity contribution < 1.29 is 14.4 Å². The quantitative estimate of drug-likeness (QED) is 0.778. The molecule has 8 heteroatoms. The van der Waals surface area contributed by atoms with Crippen molar-refractivity contribution in [1.29, 1.82) is 0 Å². The molecule has 2 heterocycles. The number of aromatic amines is 1. The van der Waals surface area contributed by atoms with Gasteiger partial charge in [0.05, 0.1) is 0 Å². The van der Waals surface area contributed by atoms with E-state index in [4.69, 9.17) is 0 Å². The van der Waals surface area contributed by atoms with Crippen molar-refractivity contribution in [2.24, 2.45) is 0 Å². The first-order valence-corrected chi connectivity index (χ1v) is 9.16. The van der Waals surface area contributed by atoms with E-state index in [1.807, 2.05) is 19.1 Å². The van der Waals surface area contributed by atoms with Gasteiger partial charge in [0.1, 0.15) is 5.69 Å². The van der Waals surface area contributed by atoms with E-state index in [1.165, 1.54) is 12.1 Å². The van der Waals surface area contributed by atoms with Crippen LogP contribution in [0.1, 0.15) is 39.3 Å². The van der Waals surface area contributed by atoms with Gasteiger partial charge in [0.25, 0.3) is 11.5 Å². The molecule has 146 valence electrons. The maximum atomic E-state index is 12.4. The molecular formula is C20H22N4O4. The second kappa shape index (κ2) is 8.60. The van der Waals surface area contributed by atoms with Gasteiger partial charge in [-0.15, -0.1) is 0 Å². The second-order valence-corrected chi connectivity index (χ2v) is 6.77. The Labute approximate surface area is 162 Å². The molecule has 2 aromatic rings. The number of piperazine rings is 1. The molecule has 0 radical (unpaired) electrons. The van der Waals surface area contributed by atoms with Crippen LogP contribution in [-0.2, 0) is 4.79 Å². The largest absolute Gasteiger partial charge is 0.339 e. The fourth-order valence-electron chi connectivity index (χ4n) is 3.05. The third kappa shape index (κ3) is 4.70. The summed E-state index contributed by atoms with van der Waals surface area (Å²) >= 11 is 0. The average Bonchev–Trinajstić information content (AvgIpc) is 2.72. The number of benzene rings is 1. The van der Waals surface area contributed by atoms with Crippen LogP contribution in [0.4, 0.5) is 0 Å². The normalized spacial score (nSPS) is 14.0. The van der Waals surface area contributed by atoms with Gasteiger partial charge in [-0.25, -0.2) is 5.10 Å². The smallest absolute Gasteiger partial charge is 0.274 e. The predicted molar refractivity (Wildman–Crippen MR) is 102 cm³/mol. The second-order valence-electron chi connectivity index (χ2n) is 6.77. The van der Waals surface area contributed by atoms with Crippen LogP contribution in [0.2, 0.25) is 0 Å². The number of carbonyl (C=O) groups excluding carboxylic acids is 3. The first-order chi connectivity index (χ1) is 13.4.